The normalized spacial score (nSPS) is 12.0. The largest absolute Gasteiger partial charge is 0.480 e. The molecule has 0 aliphatic rings. The number of alkyl halides is 2. The smallest absolute Gasteiger partial charge is 0.312 e. The molecule has 0 bridgehead atoms. The van der Waals surface area contributed by atoms with E-state index in [0.29, 0.717) is 28.0 Å². The third-order valence-corrected chi connectivity index (χ3v) is 4.45. The molecule has 0 aliphatic heterocycles. The zero-order valence-electron chi connectivity index (χ0n) is 15.6. The highest BCUT2D eigenvalue weighted by molar-refractivity contribution is 6.03. The average Bonchev–Trinajstić information content (AvgIpc) is 3.38. The Bertz CT molecular complexity index is 1260. The number of nitrogens with one attached hydrogen (secondary N) is 2. The van der Waals surface area contributed by atoms with Gasteiger partial charge in [-0.15, -0.1) is 0 Å². The average molecular weight is 412 g/mol. The molecule has 0 spiro atoms. The SMILES string of the molecule is CO/C(=N\C(=N)c1cnc2ccc(-c3c[nH]nc3-c3ccccc3F)cn12)C(F)F. The number of amidine groups is 1. The Morgan fingerprint density at radius 1 is 1.20 bits per heavy atom. The molecule has 0 fully saturated rings. The van der Waals surface area contributed by atoms with Crippen LogP contribution in [0.1, 0.15) is 5.69 Å². The van der Waals surface area contributed by atoms with E-state index in [1.165, 1.54) is 16.7 Å². The van der Waals surface area contributed by atoms with Crippen molar-refractivity contribution in [1.82, 2.24) is 19.6 Å². The zero-order chi connectivity index (χ0) is 21.3. The molecule has 3 aromatic heterocycles. The first kappa shape index (κ1) is 19.4. The summed E-state index contributed by atoms with van der Waals surface area (Å²) >= 11 is 0. The molecule has 4 aromatic rings. The fourth-order valence-electron chi connectivity index (χ4n) is 3.03. The number of H-pyrrole nitrogens is 1. The quantitative estimate of drug-likeness (QED) is 0.389. The number of aliphatic imine (C=N–C) groups is 1. The van der Waals surface area contributed by atoms with E-state index >= 15 is 0 Å². The van der Waals surface area contributed by atoms with Gasteiger partial charge in [-0.05, 0) is 24.3 Å². The maximum Gasteiger partial charge on any atom is 0.312 e. The number of ether oxygens (including phenoxy) is 1. The van der Waals surface area contributed by atoms with Crippen molar-refractivity contribution in [3.63, 3.8) is 0 Å². The minimum atomic E-state index is -2.95. The van der Waals surface area contributed by atoms with Gasteiger partial charge in [0.25, 0.3) is 5.90 Å². The summed E-state index contributed by atoms with van der Waals surface area (Å²) in [5, 5.41) is 15.0. The number of aromatic nitrogens is 4. The Labute approximate surface area is 168 Å². The molecule has 3 heterocycles. The van der Waals surface area contributed by atoms with Crippen LogP contribution < -0.4 is 0 Å². The Hall–Kier alpha value is -3.95. The van der Waals surface area contributed by atoms with Crippen molar-refractivity contribution >= 4 is 17.4 Å². The van der Waals surface area contributed by atoms with Gasteiger partial charge < -0.3 is 4.74 Å². The van der Waals surface area contributed by atoms with Gasteiger partial charge >= 0.3 is 6.43 Å². The molecule has 4 rings (SSSR count). The zero-order valence-corrected chi connectivity index (χ0v) is 15.6. The van der Waals surface area contributed by atoms with E-state index in [9.17, 15) is 13.2 Å². The summed E-state index contributed by atoms with van der Waals surface area (Å²) in [7, 11) is 1.06. The summed E-state index contributed by atoms with van der Waals surface area (Å²) in [5.41, 5.74) is 2.71. The molecule has 30 heavy (non-hydrogen) atoms. The number of rotatable bonds is 4. The lowest BCUT2D eigenvalue weighted by Crippen LogP contribution is -2.15. The van der Waals surface area contributed by atoms with Crippen LogP contribution in [-0.4, -0.2) is 44.9 Å². The summed E-state index contributed by atoms with van der Waals surface area (Å²) in [4.78, 5) is 7.73. The Morgan fingerprint density at radius 3 is 2.73 bits per heavy atom. The van der Waals surface area contributed by atoms with Crippen LogP contribution in [0, 0.1) is 11.2 Å². The summed E-state index contributed by atoms with van der Waals surface area (Å²) in [6.45, 7) is 0. The minimum absolute atomic E-state index is 0.193. The molecule has 0 unspecified atom stereocenters. The van der Waals surface area contributed by atoms with Crippen molar-refractivity contribution < 1.29 is 17.9 Å². The van der Waals surface area contributed by atoms with Crippen molar-refractivity contribution in [2.24, 2.45) is 4.99 Å². The van der Waals surface area contributed by atoms with Crippen LogP contribution in [0.3, 0.4) is 0 Å². The highest BCUT2D eigenvalue weighted by Gasteiger charge is 2.18. The van der Waals surface area contributed by atoms with Crippen LogP contribution in [-0.2, 0) is 4.74 Å². The molecule has 0 radical (unpaired) electrons. The van der Waals surface area contributed by atoms with Gasteiger partial charge in [-0.25, -0.2) is 9.37 Å². The van der Waals surface area contributed by atoms with Crippen LogP contribution in [0.25, 0.3) is 28.0 Å². The van der Waals surface area contributed by atoms with Gasteiger partial charge in [-0.3, -0.25) is 14.9 Å². The standard InChI is InChI=1S/C20H15F3N6O/c1-30-20(18(22)23)27-19(24)15-9-25-16-7-6-11(10-29(15)16)13-8-26-28-17(13)12-4-2-3-5-14(12)21/h2-10,18,24H,1H3,(H,26,28)/b24-19?,27-20-. The molecule has 0 aliphatic carbocycles. The number of halogens is 3. The maximum atomic E-state index is 14.3. The predicted molar refractivity (Wildman–Crippen MR) is 105 cm³/mol. The maximum absolute atomic E-state index is 14.3. The highest BCUT2D eigenvalue weighted by Crippen LogP contribution is 2.31. The number of benzene rings is 1. The number of hydrogen-bond acceptors (Lipinski definition) is 4. The second kappa shape index (κ2) is 7.82. The molecule has 1 aromatic carbocycles. The van der Waals surface area contributed by atoms with Crippen LogP contribution in [0.4, 0.5) is 13.2 Å². The molecular weight excluding hydrogens is 397 g/mol. The van der Waals surface area contributed by atoms with Crippen LogP contribution >= 0.6 is 0 Å². The van der Waals surface area contributed by atoms with Gasteiger partial charge in [0, 0.05) is 29.1 Å². The lowest BCUT2D eigenvalue weighted by Gasteiger charge is -2.07. The number of fused-ring (bicyclic) bond motifs is 1. The third kappa shape index (κ3) is 3.43. The van der Waals surface area contributed by atoms with Crippen molar-refractivity contribution in [3.8, 4) is 22.4 Å². The molecule has 0 saturated carbocycles. The van der Waals surface area contributed by atoms with Crippen molar-refractivity contribution in [3.05, 3.63) is 66.5 Å². The molecule has 7 nitrogen and oxygen atoms in total. The first-order valence-electron chi connectivity index (χ1n) is 8.75. The van der Waals surface area contributed by atoms with E-state index in [4.69, 9.17) is 5.41 Å². The summed E-state index contributed by atoms with van der Waals surface area (Å²) in [6, 6.07) is 9.74. The first-order valence-corrected chi connectivity index (χ1v) is 8.75. The second-order valence-corrected chi connectivity index (χ2v) is 6.22. The Kier molecular flexibility index (Phi) is 5.05. The lowest BCUT2D eigenvalue weighted by atomic mass is 10.0. The number of methoxy groups -OCH3 is 1. The van der Waals surface area contributed by atoms with Crippen molar-refractivity contribution in [1.29, 1.82) is 5.41 Å². The fourth-order valence-corrected chi connectivity index (χ4v) is 3.03. The van der Waals surface area contributed by atoms with Crippen molar-refractivity contribution in [2.75, 3.05) is 7.11 Å². The van der Waals surface area contributed by atoms with Gasteiger partial charge in [-0.2, -0.15) is 18.9 Å². The van der Waals surface area contributed by atoms with E-state index in [2.05, 4.69) is 24.9 Å². The first-order chi connectivity index (χ1) is 14.5. The topological polar surface area (TPSA) is 91.4 Å². The van der Waals surface area contributed by atoms with Gasteiger partial charge in [0.1, 0.15) is 22.9 Å². The Morgan fingerprint density at radius 2 is 2.00 bits per heavy atom. The van der Waals surface area contributed by atoms with Gasteiger partial charge in [0.2, 0.25) is 0 Å². The summed E-state index contributed by atoms with van der Waals surface area (Å²) < 4.78 is 46.1. The monoisotopic (exact) mass is 412 g/mol. The van der Waals surface area contributed by atoms with E-state index in [-0.39, 0.29) is 5.69 Å². The van der Waals surface area contributed by atoms with Crippen LogP contribution in [0.5, 0.6) is 0 Å². The van der Waals surface area contributed by atoms with Crippen LogP contribution in [0.15, 0.2) is 60.0 Å². The predicted octanol–water partition coefficient (Wildman–Crippen LogP) is 4.17. The number of pyridine rings is 1. The van der Waals surface area contributed by atoms with Crippen molar-refractivity contribution in [2.45, 2.75) is 6.43 Å². The molecule has 0 saturated heterocycles. The number of hydrogen-bond donors (Lipinski definition) is 2. The minimum Gasteiger partial charge on any atom is -0.480 e. The van der Waals surface area contributed by atoms with Crippen LogP contribution in [0.2, 0.25) is 0 Å². The molecule has 2 N–H and O–H groups in total. The molecule has 0 atom stereocenters. The summed E-state index contributed by atoms with van der Waals surface area (Å²) in [6.07, 6.45) is 1.70. The summed E-state index contributed by atoms with van der Waals surface area (Å²) in [5.74, 6) is -1.70. The van der Waals surface area contributed by atoms with E-state index in [1.54, 1.807) is 42.7 Å². The second-order valence-electron chi connectivity index (χ2n) is 6.22. The van der Waals surface area contributed by atoms with Gasteiger partial charge in [0.15, 0.2) is 5.84 Å². The number of imidazole rings is 1. The number of aromatic amines is 1. The highest BCUT2D eigenvalue weighted by atomic mass is 19.3. The molecule has 0 amide bonds. The molecule has 10 heteroatoms. The Balaban J connectivity index is 1.80. The van der Waals surface area contributed by atoms with E-state index in [0.717, 1.165) is 7.11 Å². The van der Waals surface area contributed by atoms with E-state index in [1.807, 2.05) is 0 Å². The van der Waals surface area contributed by atoms with E-state index < -0.39 is 24.0 Å². The lowest BCUT2D eigenvalue weighted by molar-refractivity contribution is 0.185. The fraction of sp³-hybridized carbons (Fsp3) is 0.100. The van der Waals surface area contributed by atoms with Gasteiger partial charge in [-0.1, -0.05) is 12.1 Å². The number of nitrogens with zero attached hydrogens (tertiary/aromatic N) is 4. The van der Waals surface area contributed by atoms with Gasteiger partial charge in [0.05, 0.1) is 13.3 Å². The third-order valence-electron chi connectivity index (χ3n) is 4.45. The molecular formula is C20H15F3N6O. The molecule has 152 valence electrons.